The molecule has 2 aromatic carbocycles. The van der Waals surface area contributed by atoms with Crippen molar-refractivity contribution in [3.63, 3.8) is 0 Å². The molecule has 0 spiro atoms. The van der Waals surface area contributed by atoms with Gasteiger partial charge in [0.25, 0.3) is 0 Å². The van der Waals surface area contributed by atoms with Crippen LogP contribution in [-0.2, 0) is 0 Å². The Balaban J connectivity index is 2.35. The Hall–Kier alpha value is -2.00. The molecule has 1 N–H and O–H groups in total. The van der Waals surface area contributed by atoms with Crippen molar-refractivity contribution in [2.45, 2.75) is 6.92 Å². The van der Waals surface area contributed by atoms with Gasteiger partial charge >= 0.3 is 0 Å². The molecule has 0 saturated heterocycles. The minimum atomic E-state index is 0.0773. The van der Waals surface area contributed by atoms with Gasteiger partial charge in [-0.2, -0.15) is 0 Å². The molecule has 0 aliphatic carbocycles. The molecule has 0 radical (unpaired) electrons. The number of para-hydroxylation sites is 1. The largest absolute Gasteiger partial charge is 0.504 e. The number of ether oxygens (including phenoxy) is 1. The van der Waals surface area contributed by atoms with Crippen LogP contribution in [0.1, 0.15) is 11.1 Å². The zero-order chi connectivity index (χ0) is 13.8. The Bertz CT molecular complexity index is 624. The quantitative estimate of drug-likeness (QED) is 0.857. The molecule has 0 atom stereocenters. The lowest BCUT2D eigenvalue weighted by Gasteiger charge is -2.05. The van der Waals surface area contributed by atoms with Crippen LogP contribution in [0.5, 0.6) is 11.5 Å². The molecule has 0 bridgehead atoms. The normalized spacial score (nSPS) is 10.9. The summed E-state index contributed by atoms with van der Waals surface area (Å²) in [5.41, 5.74) is 2.27. The molecule has 2 rings (SSSR count). The number of aliphatic imine (C=N–C) groups is 1. The van der Waals surface area contributed by atoms with E-state index in [4.69, 9.17) is 16.3 Å². The Morgan fingerprint density at radius 3 is 2.68 bits per heavy atom. The summed E-state index contributed by atoms with van der Waals surface area (Å²) in [5, 5.41) is 10.6. The van der Waals surface area contributed by atoms with Gasteiger partial charge in [-0.1, -0.05) is 23.7 Å². The maximum absolute atomic E-state index is 9.95. The molecular formula is C15H14ClNO2. The SMILES string of the molecule is COc1cccc(C=Nc2cccc(Cl)c2C)c1O. The lowest BCUT2D eigenvalue weighted by atomic mass is 10.2. The van der Waals surface area contributed by atoms with Crippen molar-refractivity contribution in [2.75, 3.05) is 7.11 Å². The van der Waals surface area contributed by atoms with E-state index in [1.807, 2.05) is 25.1 Å². The fourth-order valence-corrected chi connectivity index (χ4v) is 1.85. The second-order valence-electron chi connectivity index (χ2n) is 4.04. The van der Waals surface area contributed by atoms with Crippen molar-refractivity contribution in [1.29, 1.82) is 0 Å². The molecule has 0 fully saturated rings. The van der Waals surface area contributed by atoms with Crippen LogP contribution in [-0.4, -0.2) is 18.4 Å². The summed E-state index contributed by atoms with van der Waals surface area (Å²) in [6.45, 7) is 1.90. The van der Waals surface area contributed by atoms with Gasteiger partial charge < -0.3 is 9.84 Å². The number of halogens is 1. The average molecular weight is 276 g/mol. The van der Waals surface area contributed by atoms with E-state index >= 15 is 0 Å². The number of hydrogen-bond donors (Lipinski definition) is 1. The summed E-state index contributed by atoms with van der Waals surface area (Å²) < 4.78 is 5.05. The molecule has 0 unspecified atom stereocenters. The highest BCUT2D eigenvalue weighted by atomic mass is 35.5. The Labute approximate surface area is 117 Å². The second kappa shape index (κ2) is 5.76. The molecule has 3 nitrogen and oxygen atoms in total. The second-order valence-corrected chi connectivity index (χ2v) is 4.45. The first kappa shape index (κ1) is 13.4. The van der Waals surface area contributed by atoms with E-state index in [-0.39, 0.29) is 5.75 Å². The van der Waals surface area contributed by atoms with E-state index < -0.39 is 0 Å². The van der Waals surface area contributed by atoms with Gasteiger partial charge in [0.15, 0.2) is 11.5 Å². The number of benzene rings is 2. The minimum absolute atomic E-state index is 0.0773. The molecule has 0 aromatic heterocycles. The lowest BCUT2D eigenvalue weighted by molar-refractivity contribution is 0.373. The highest BCUT2D eigenvalue weighted by Gasteiger charge is 2.05. The summed E-state index contributed by atoms with van der Waals surface area (Å²) in [6.07, 6.45) is 1.59. The zero-order valence-corrected chi connectivity index (χ0v) is 11.5. The molecule has 0 amide bonds. The summed E-state index contributed by atoms with van der Waals surface area (Å²) in [6, 6.07) is 10.8. The standard InChI is InChI=1S/C15H14ClNO2/c1-10-12(16)6-4-7-13(10)17-9-11-5-3-8-14(19-2)15(11)18/h3-9,18H,1-2H3. The first-order valence-electron chi connectivity index (χ1n) is 5.78. The summed E-state index contributed by atoms with van der Waals surface area (Å²) in [4.78, 5) is 4.35. The summed E-state index contributed by atoms with van der Waals surface area (Å²) in [5.74, 6) is 0.500. The third-order valence-electron chi connectivity index (χ3n) is 2.83. The predicted molar refractivity (Wildman–Crippen MR) is 78.1 cm³/mol. The van der Waals surface area contributed by atoms with Gasteiger partial charge in [-0.25, -0.2) is 0 Å². The van der Waals surface area contributed by atoms with Crippen LogP contribution in [0.25, 0.3) is 0 Å². The van der Waals surface area contributed by atoms with Crippen molar-refractivity contribution < 1.29 is 9.84 Å². The number of rotatable bonds is 3. The van der Waals surface area contributed by atoms with E-state index in [9.17, 15) is 5.11 Å². The average Bonchev–Trinajstić information content (AvgIpc) is 2.42. The van der Waals surface area contributed by atoms with Crippen molar-refractivity contribution >= 4 is 23.5 Å². The first-order valence-corrected chi connectivity index (χ1v) is 6.16. The van der Waals surface area contributed by atoms with E-state index in [0.717, 1.165) is 11.3 Å². The summed E-state index contributed by atoms with van der Waals surface area (Å²) in [7, 11) is 1.51. The van der Waals surface area contributed by atoms with Crippen LogP contribution < -0.4 is 4.74 Å². The van der Waals surface area contributed by atoms with E-state index in [2.05, 4.69) is 4.99 Å². The Morgan fingerprint density at radius 2 is 1.95 bits per heavy atom. The smallest absolute Gasteiger partial charge is 0.166 e. The molecule has 0 saturated carbocycles. The fourth-order valence-electron chi connectivity index (χ4n) is 1.68. The van der Waals surface area contributed by atoms with Crippen molar-refractivity contribution in [1.82, 2.24) is 0 Å². The van der Waals surface area contributed by atoms with Crippen LogP contribution in [0.15, 0.2) is 41.4 Å². The minimum Gasteiger partial charge on any atom is -0.504 e. The van der Waals surface area contributed by atoms with Gasteiger partial charge in [-0.05, 0) is 36.8 Å². The Morgan fingerprint density at radius 1 is 1.21 bits per heavy atom. The number of nitrogens with zero attached hydrogens (tertiary/aromatic N) is 1. The fraction of sp³-hybridized carbons (Fsp3) is 0.133. The lowest BCUT2D eigenvalue weighted by Crippen LogP contribution is -1.88. The highest BCUT2D eigenvalue weighted by Crippen LogP contribution is 2.29. The predicted octanol–water partition coefficient (Wildman–Crippen LogP) is 4.11. The van der Waals surface area contributed by atoms with E-state index in [0.29, 0.717) is 16.3 Å². The molecule has 0 aliphatic heterocycles. The molecule has 0 heterocycles. The molecule has 2 aromatic rings. The topological polar surface area (TPSA) is 41.8 Å². The van der Waals surface area contributed by atoms with Crippen molar-refractivity contribution in [3.8, 4) is 11.5 Å². The maximum Gasteiger partial charge on any atom is 0.166 e. The van der Waals surface area contributed by atoms with Gasteiger partial charge in [0.05, 0.1) is 12.8 Å². The zero-order valence-electron chi connectivity index (χ0n) is 10.7. The maximum atomic E-state index is 9.95. The van der Waals surface area contributed by atoms with Crippen molar-refractivity contribution in [2.24, 2.45) is 4.99 Å². The number of methoxy groups -OCH3 is 1. The number of aromatic hydroxyl groups is 1. The Kier molecular flexibility index (Phi) is 4.07. The molecule has 98 valence electrons. The number of phenols is 1. The molecular weight excluding hydrogens is 262 g/mol. The van der Waals surface area contributed by atoms with Crippen LogP contribution in [0.4, 0.5) is 5.69 Å². The molecule has 4 heteroatoms. The van der Waals surface area contributed by atoms with Crippen LogP contribution in [0, 0.1) is 6.92 Å². The number of hydrogen-bond acceptors (Lipinski definition) is 3. The van der Waals surface area contributed by atoms with Crippen LogP contribution >= 0.6 is 11.6 Å². The van der Waals surface area contributed by atoms with Gasteiger partial charge in [0, 0.05) is 16.8 Å². The van der Waals surface area contributed by atoms with E-state index in [1.165, 1.54) is 7.11 Å². The van der Waals surface area contributed by atoms with Crippen molar-refractivity contribution in [3.05, 3.63) is 52.5 Å². The van der Waals surface area contributed by atoms with Crippen LogP contribution in [0.3, 0.4) is 0 Å². The first-order chi connectivity index (χ1) is 9.13. The monoisotopic (exact) mass is 275 g/mol. The van der Waals surface area contributed by atoms with E-state index in [1.54, 1.807) is 24.4 Å². The molecule has 0 aliphatic rings. The molecule has 19 heavy (non-hydrogen) atoms. The van der Waals surface area contributed by atoms with Gasteiger partial charge in [0.1, 0.15) is 0 Å². The van der Waals surface area contributed by atoms with Crippen LogP contribution in [0.2, 0.25) is 5.02 Å². The third kappa shape index (κ3) is 2.88. The van der Waals surface area contributed by atoms with Gasteiger partial charge in [-0.15, -0.1) is 0 Å². The highest BCUT2D eigenvalue weighted by molar-refractivity contribution is 6.31. The van der Waals surface area contributed by atoms with Gasteiger partial charge in [-0.3, -0.25) is 4.99 Å². The number of phenolic OH excluding ortho intramolecular Hbond substituents is 1. The third-order valence-corrected chi connectivity index (χ3v) is 3.24. The van der Waals surface area contributed by atoms with Gasteiger partial charge in [0.2, 0.25) is 0 Å². The summed E-state index contributed by atoms with van der Waals surface area (Å²) >= 11 is 6.03.